The highest BCUT2D eigenvalue weighted by Gasteiger charge is 2.31. The Morgan fingerprint density at radius 3 is 2.86 bits per heavy atom. The quantitative estimate of drug-likeness (QED) is 0.784. The summed E-state index contributed by atoms with van der Waals surface area (Å²) in [7, 11) is 0. The van der Waals surface area contributed by atoms with Crippen LogP contribution in [0.5, 0.6) is 5.75 Å². The van der Waals surface area contributed by atoms with E-state index < -0.39 is 0 Å². The smallest absolute Gasteiger partial charge is 0.317 e. The van der Waals surface area contributed by atoms with Crippen LogP contribution < -0.4 is 15.4 Å². The highest BCUT2D eigenvalue weighted by molar-refractivity contribution is 6.31. The van der Waals surface area contributed by atoms with Crippen LogP contribution in [0.4, 0.5) is 10.5 Å². The van der Waals surface area contributed by atoms with Crippen LogP contribution in [-0.4, -0.2) is 36.5 Å². The van der Waals surface area contributed by atoms with Gasteiger partial charge in [0.2, 0.25) is 5.91 Å². The van der Waals surface area contributed by atoms with Crippen molar-refractivity contribution in [1.82, 2.24) is 10.2 Å². The first-order chi connectivity index (χ1) is 14.0. The number of ether oxygens (including phenoxy) is 1. The number of nitrogens with zero attached hydrogens (tertiary/aromatic N) is 1. The number of benzene rings is 2. The Labute approximate surface area is 175 Å². The van der Waals surface area contributed by atoms with E-state index >= 15 is 0 Å². The van der Waals surface area contributed by atoms with E-state index in [1.807, 2.05) is 43.3 Å². The van der Waals surface area contributed by atoms with Gasteiger partial charge in [0.05, 0.1) is 6.61 Å². The molecule has 1 saturated heterocycles. The highest BCUT2D eigenvalue weighted by atomic mass is 35.5. The van der Waals surface area contributed by atoms with Crippen LogP contribution in [0.1, 0.15) is 23.1 Å². The molecule has 152 valence electrons. The van der Waals surface area contributed by atoms with Gasteiger partial charge in [-0.1, -0.05) is 23.7 Å². The summed E-state index contributed by atoms with van der Waals surface area (Å²) in [5.74, 6) is 1.19. The van der Waals surface area contributed by atoms with Gasteiger partial charge in [0.1, 0.15) is 5.75 Å². The van der Waals surface area contributed by atoms with Gasteiger partial charge in [0.25, 0.3) is 0 Å². The number of nitrogens with one attached hydrogen (secondary N) is 2. The zero-order valence-corrected chi connectivity index (χ0v) is 17.1. The van der Waals surface area contributed by atoms with E-state index in [4.69, 9.17) is 16.3 Å². The van der Waals surface area contributed by atoms with Crippen molar-refractivity contribution in [2.45, 2.75) is 26.3 Å². The molecule has 3 amide bonds. The monoisotopic (exact) mass is 413 g/mol. The molecule has 2 aromatic rings. The van der Waals surface area contributed by atoms with Gasteiger partial charge in [-0.05, 0) is 54.3 Å². The molecular formula is C22H24ClN3O3. The zero-order valence-electron chi connectivity index (χ0n) is 16.3. The summed E-state index contributed by atoms with van der Waals surface area (Å²) in [6, 6.07) is 11.5. The Hall–Kier alpha value is -2.73. The summed E-state index contributed by atoms with van der Waals surface area (Å²) in [6.45, 7) is 4.39. The van der Waals surface area contributed by atoms with E-state index in [0.29, 0.717) is 38.6 Å². The SMILES string of the molecule is Cc1cc(CNC(=O)N2CC(COc3ccc4c(c3)CCC(=O)N4)C2)ccc1Cl. The first-order valence-electron chi connectivity index (χ1n) is 9.81. The number of fused-ring (bicyclic) bond motifs is 1. The normalized spacial score (nSPS) is 15.9. The van der Waals surface area contributed by atoms with Crippen LogP contribution in [-0.2, 0) is 17.8 Å². The second-order valence-corrected chi connectivity index (χ2v) is 8.10. The minimum Gasteiger partial charge on any atom is -0.493 e. The van der Waals surface area contributed by atoms with Gasteiger partial charge in [0.15, 0.2) is 0 Å². The number of hydrogen-bond acceptors (Lipinski definition) is 3. The minimum atomic E-state index is -0.0571. The van der Waals surface area contributed by atoms with Crippen LogP contribution in [0.3, 0.4) is 0 Å². The summed E-state index contributed by atoms with van der Waals surface area (Å²) >= 11 is 6.03. The topological polar surface area (TPSA) is 70.7 Å². The van der Waals surface area contributed by atoms with E-state index in [2.05, 4.69) is 10.6 Å². The van der Waals surface area contributed by atoms with E-state index in [1.54, 1.807) is 4.90 Å². The van der Waals surface area contributed by atoms with Crippen molar-refractivity contribution in [2.24, 2.45) is 5.92 Å². The molecule has 7 heteroatoms. The Morgan fingerprint density at radius 1 is 1.24 bits per heavy atom. The fourth-order valence-corrected chi connectivity index (χ4v) is 3.73. The van der Waals surface area contributed by atoms with Gasteiger partial charge in [-0.2, -0.15) is 0 Å². The largest absolute Gasteiger partial charge is 0.493 e. The molecular weight excluding hydrogens is 390 g/mol. The van der Waals surface area contributed by atoms with Crippen LogP contribution in [0.2, 0.25) is 5.02 Å². The van der Waals surface area contributed by atoms with Crippen LogP contribution >= 0.6 is 11.6 Å². The third kappa shape index (κ3) is 4.65. The summed E-state index contributed by atoms with van der Waals surface area (Å²) in [5, 5.41) is 6.55. The molecule has 0 bridgehead atoms. The molecule has 2 N–H and O–H groups in total. The third-order valence-corrected chi connectivity index (χ3v) is 5.79. The molecule has 0 saturated carbocycles. The van der Waals surface area contributed by atoms with Gasteiger partial charge >= 0.3 is 6.03 Å². The molecule has 2 heterocycles. The van der Waals surface area contributed by atoms with E-state index in [1.165, 1.54) is 0 Å². The van der Waals surface area contributed by atoms with Crippen molar-refractivity contribution >= 4 is 29.2 Å². The summed E-state index contributed by atoms with van der Waals surface area (Å²) in [6.07, 6.45) is 1.25. The predicted octanol–water partition coefficient (Wildman–Crippen LogP) is 3.75. The molecule has 0 aromatic heterocycles. The van der Waals surface area contributed by atoms with Crippen molar-refractivity contribution in [1.29, 1.82) is 0 Å². The van der Waals surface area contributed by atoms with Crippen molar-refractivity contribution in [3.05, 3.63) is 58.1 Å². The molecule has 0 atom stereocenters. The molecule has 1 fully saturated rings. The van der Waals surface area contributed by atoms with Crippen molar-refractivity contribution < 1.29 is 14.3 Å². The van der Waals surface area contributed by atoms with E-state index in [0.717, 1.165) is 39.6 Å². The number of urea groups is 1. The lowest BCUT2D eigenvalue weighted by Gasteiger charge is -2.38. The fraction of sp³-hybridized carbons (Fsp3) is 0.364. The summed E-state index contributed by atoms with van der Waals surface area (Å²) < 4.78 is 5.90. The van der Waals surface area contributed by atoms with Gasteiger partial charge in [-0.25, -0.2) is 4.79 Å². The third-order valence-electron chi connectivity index (χ3n) is 5.37. The van der Waals surface area contributed by atoms with Crippen LogP contribution in [0, 0.1) is 12.8 Å². The van der Waals surface area contributed by atoms with Crippen LogP contribution in [0.25, 0.3) is 0 Å². The molecule has 4 rings (SSSR count). The molecule has 6 nitrogen and oxygen atoms in total. The maximum atomic E-state index is 12.3. The van der Waals surface area contributed by atoms with E-state index in [9.17, 15) is 9.59 Å². The number of amides is 3. The Bertz CT molecular complexity index is 941. The lowest BCUT2D eigenvalue weighted by atomic mass is 10.0. The highest BCUT2D eigenvalue weighted by Crippen LogP contribution is 2.27. The maximum absolute atomic E-state index is 12.3. The van der Waals surface area contributed by atoms with Crippen molar-refractivity contribution in [2.75, 3.05) is 25.0 Å². The molecule has 2 aromatic carbocycles. The molecule has 29 heavy (non-hydrogen) atoms. The minimum absolute atomic E-state index is 0.0571. The molecule has 0 spiro atoms. The number of anilines is 1. The Balaban J connectivity index is 1.19. The first kappa shape index (κ1) is 19.6. The standard InChI is InChI=1S/C22H24ClN3O3/c1-14-8-15(2-5-19(14)23)10-24-22(28)26-11-16(12-26)13-29-18-4-6-20-17(9-18)3-7-21(27)25-20/h2,4-6,8-9,16H,3,7,10-13H2,1H3,(H,24,28)(H,25,27). The molecule has 2 aliphatic rings. The number of hydrogen-bond donors (Lipinski definition) is 2. The van der Waals surface area contributed by atoms with Gasteiger partial charge < -0.3 is 20.3 Å². The fourth-order valence-electron chi connectivity index (χ4n) is 3.61. The number of rotatable bonds is 5. The molecule has 0 aliphatic carbocycles. The lowest BCUT2D eigenvalue weighted by molar-refractivity contribution is -0.116. The maximum Gasteiger partial charge on any atom is 0.317 e. The summed E-state index contributed by atoms with van der Waals surface area (Å²) in [4.78, 5) is 25.5. The number of carbonyl (C=O) groups excluding carboxylic acids is 2. The van der Waals surface area contributed by atoms with Crippen LogP contribution in [0.15, 0.2) is 36.4 Å². The Kier molecular flexibility index (Phi) is 5.62. The van der Waals surface area contributed by atoms with E-state index in [-0.39, 0.29) is 11.9 Å². The van der Waals surface area contributed by atoms with Crippen molar-refractivity contribution in [3.8, 4) is 5.75 Å². The second-order valence-electron chi connectivity index (χ2n) is 7.69. The average Bonchev–Trinajstić information content (AvgIpc) is 2.67. The zero-order chi connectivity index (χ0) is 20.4. The van der Waals surface area contributed by atoms with Gasteiger partial charge in [0, 0.05) is 42.7 Å². The number of carbonyl (C=O) groups is 2. The first-order valence-corrected chi connectivity index (χ1v) is 10.2. The average molecular weight is 414 g/mol. The molecule has 0 unspecified atom stereocenters. The lowest BCUT2D eigenvalue weighted by Crippen LogP contribution is -2.55. The van der Waals surface area contributed by atoms with Gasteiger partial charge in [-0.3, -0.25) is 4.79 Å². The Morgan fingerprint density at radius 2 is 2.07 bits per heavy atom. The molecule has 0 radical (unpaired) electrons. The number of likely N-dealkylation sites (tertiary alicyclic amines) is 1. The number of aryl methyl sites for hydroxylation is 2. The predicted molar refractivity (Wildman–Crippen MR) is 112 cm³/mol. The summed E-state index contributed by atoms with van der Waals surface area (Å²) in [5.41, 5.74) is 4.01. The van der Waals surface area contributed by atoms with Gasteiger partial charge in [-0.15, -0.1) is 0 Å². The second kappa shape index (κ2) is 8.33. The molecule has 2 aliphatic heterocycles. The van der Waals surface area contributed by atoms with Crippen molar-refractivity contribution in [3.63, 3.8) is 0 Å². The number of halogens is 1.